The summed E-state index contributed by atoms with van der Waals surface area (Å²) in [6.45, 7) is -3.95. The minimum atomic E-state index is -5.91. The Morgan fingerprint density at radius 3 is 1.57 bits per heavy atom. The molecule has 0 radical (unpaired) electrons. The molecule has 14 heavy (non-hydrogen) atoms. The zero-order valence-electron chi connectivity index (χ0n) is 5.99. The molecule has 0 amide bonds. The van der Waals surface area contributed by atoms with Gasteiger partial charge in [-0.1, -0.05) is 0 Å². The standard InChI is InChI=1S/C4H2F8O2/c5-1(6)3(9,10)4(11,12)14-13-2(7)8/h1-2H. The quantitative estimate of drug-likeness (QED) is 0.413. The van der Waals surface area contributed by atoms with Gasteiger partial charge < -0.3 is 0 Å². The molecule has 0 unspecified atom stereocenters. The molecule has 0 atom stereocenters. The minimum Gasteiger partial charge on any atom is -0.203 e. The highest BCUT2D eigenvalue weighted by atomic mass is 19.3. The molecule has 0 saturated carbocycles. The summed E-state index contributed by atoms with van der Waals surface area (Å²) in [5, 5.41) is 0. The number of hydrogen-bond acceptors (Lipinski definition) is 2. The van der Waals surface area contributed by atoms with Crippen molar-refractivity contribution in [2.24, 2.45) is 0 Å². The van der Waals surface area contributed by atoms with E-state index in [0.717, 1.165) is 0 Å². The van der Waals surface area contributed by atoms with Gasteiger partial charge in [-0.25, -0.2) is 8.78 Å². The first kappa shape index (κ1) is 13.4. The summed E-state index contributed by atoms with van der Waals surface area (Å²) in [5.41, 5.74) is 0. The molecule has 0 fully saturated rings. The van der Waals surface area contributed by atoms with Crippen molar-refractivity contribution in [3.63, 3.8) is 0 Å². The smallest absolute Gasteiger partial charge is 0.203 e. The van der Waals surface area contributed by atoms with Crippen LogP contribution in [0.1, 0.15) is 0 Å². The molecule has 0 spiro atoms. The van der Waals surface area contributed by atoms with E-state index in [4.69, 9.17) is 0 Å². The zero-order chi connectivity index (χ0) is 11.6. The van der Waals surface area contributed by atoms with Crippen molar-refractivity contribution in [2.45, 2.75) is 25.1 Å². The maximum Gasteiger partial charge on any atom is 0.451 e. The summed E-state index contributed by atoms with van der Waals surface area (Å²) in [4.78, 5) is 4.55. The molecular formula is C4H2F8O2. The average molecular weight is 234 g/mol. The molecule has 0 aromatic carbocycles. The van der Waals surface area contributed by atoms with Crippen molar-refractivity contribution in [1.29, 1.82) is 0 Å². The molecule has 2 nitrogen and oxygen atoms in total. The first-order chi connectivity index (χ1) is 6.11. The molecular weight excluding hydrogens is 232 g/mol. The Bertz CT molecular complexity index is 180. The summed E-state index contributed by atoms with van der Waals surface area (Å²) in [7, 11) is 0. The van der Waals surface area contributed by atoms with Gasteiger partial charge in [0.05, 0.1) is 0 Å². The fourth-order valence-electron chi connectivity index (χ4n) is 0.279. The number of rotatable bonds is 5. The Labute approximate surface area is 71.3 Å². The Hall–Kier alpha value is -0.640. The summed E-state index contributed by atoms with van der Waals surface area (Å²) in [6.07, 6.45) is -10.6. The maximum absolute atomic E-state index is 11.9. The van der Waals surface area contributed by atoms with E-state index in [1.165, 1.54) is 0 Å². The SMILES string of the molecule is FC(F)OOC(F)(F)C(F)(F)C(F)F. The zero-order valence-corrected chi connectivity index (χ0v) is 5.99. The number of halogens is 8. The van der Waals surface area contributed by atoms with Crippen LogP contribution in [0.3, 0.4) is 0 Å². The van der Waals surface area contributed by atoms with Crippen LogP contribution in [0, 0.1) is 0 Å². The second kappa shape index (κ2) is 4.26. The van der Waals surface area contributed by atoms with Crippen molar-refractivity contribution >= 4 is 0 Å². The fourth-order valence-corrected chi connectivity index (χ4v) is 0.279. The third kappa shape index (κ3) is 2.94. The van der Waals surface area contributed by atoms with Gasteiger partial charge in [0.1, 0.15) is 0 Å². The van der Waals surface area contributed by atoms with E-state index >= 15 is 0 Å². The van der Waals surface area contributed by atoms with E-state index in [0.29, 0.717) is 0 Å². The summed E-state index contributed by atoms with van der Waals surface area (Å²) >= 11 is 0. The van der Waals surface area contributed by atoms with Crippen LogP contribution >= 0.6 is 0 Å². The number of alkyl halides is 8. The van der Waals surface area contributed by atoms with Crippen molar-refractivity contribution < 1.29 is 44.9 Å². The molecule has 10 heteroatoms. The molecule has 0 bridgehead atoms. The van der Waals surface area contributed by atoms with Crippen molar-refractivity contribution in [3.8, 4) is 0 Å². The van der Waals surface area contributed by atoms with E-state index in [9.17, 15) is 35.1 Å². The summed E-state index contributed by atoms with van der Waals surface area (Å²) < 4.78 is 92.1. The third-order valence-electron chi connectivity index (χ3n) is 0.888. The predicted molar refractivity (Wildman–Crippen MR) is 24.1 cm³/mol. The second-order valence-corrected chi connectivity index (χ2v) is 1.88. The molecule has 0 aromatic heterocycles. The number of hydrogen-bond donors (Lipinski definition) is 0. The van der Waals surface area contributed by atoms with Gasteiger partial charge in [0.25, 0.3) is 0 Å². The van der Waals surface area contributed by atoms with Gasteiger partial charge >= 0.3 is 25.1 Å². The van der Waals surface area contributed by atoms with Crippen LogP contribution in [0.25, 0.3) is 0 Å². The summed E-state index contributed by atoms with van der Waals surface area (Å²) in [5.74, 6) is -5.91. The van der Waals surface area contributed by atoms with Crippen LogP contribution in [-0.4, -0.2) is 25.1 Å². The highest BCUT2D eigenvalue weighted by molar-refractivity contribution is 4.78. The van der Waals surface area contributed by atoms with Crippen LogP contribution in [0.5, 0.6) is 0 Å². The lowest BCUT2D eigenvalue weighted by atomic mass is 10.3. The highest BCUT2D eigenvalue weighted by Gasteiger charge is 2.66. The third-order valence-corrected chi connectivity index (χ3v) is 0.888. The molecule has 86 valence electrons. The maximum atomic E-state index is 11.9. The first-order valence-electron chi connectivity index (χ1n) is 2.77. The molecule has 0 saturated heterocycles. The largest absolute Gasteiger partial charge is 0.451 e. The Kier molecular flexibility index (Phi) is 4.06. The Balaban J connectivity index is 4.44. The van der Waals surface area contributed by atoms with Crippen LogP contribution in [-0.2, 0) is 9.78 Å². The monoisotopic (exact) mass is 234 g/mol. The van der Waals surface area contributed by atoms with Gasteiger partial charge in [0.15, 0.2) is 0 Å². The molecule has 0 N–H and O–H groups in total. The van der Waals surface area contributed by atoms with E-state index in [2.05, 4.69) is 9.78 Å². The Morgan fingerprint density at radius 2 is 1.29 bits per heavy atom. The lowest BCUT2D eigenvalue weighted by Crippen LogP contribution is -2.48. The Morgan fingerprint density at radius 1 is 0.857 bits per heavy atom. The minimum absolute atomic E-state index is 2.20. The van der Waals surface area contributed by atoms with Gasteiger partial charge in [-0.15, -0.1) is 0 Å². The lowest BCUT2D eigenvalue weighted by molar-refractivity contribution is -0.526. The van der Waals surface area contributed by atoms with Crippen molar-refractivity contribution in [3.05, 3.63) is 0 Å². The first-order valence-corrected chi connectivity index (χ1v) is 2.77. The van der Waals surface area contributed by atoms with E-state index in [1.807, 2.05) is 0 Å². The summed E-state index contributed by atoms with van der Waals surface area (Å²) in [6, 6.07) is 0. The van der Waals surface area contributed by atoms with Crippen molar-refractivity contribution in [1.82, 2.24) is 0 Å². The van der Waals surface area contributed by atoms with Gasteiger partial charge in [0.2, 0.25) is 0 Å². The normalized spacial score (nSPS) is 14.1. The van der Waals surface area contributed by atoms with Gasteiger partial charge in [-0.3, -0.25) is 0 Å². The average Bonchev–Trinajstić information content (AvgIpc) is 2.00. The van der Waals surface area contributed by atoms with Crippen LogP contribution in [0.15, 0.2) is 0 Å². The van der Waals surface area contributed by atoms with E-state index in [-0.39, 0.29) is 0 Å². The van der Waals surface area contributed by atoms with Gasteiger partial charge in [-0.05, 0) is 0 Å². The molecule has 0 rings (SSSR count). The molecule has 0 aromatic rings. The lowest BCUT2D eigenvalue weighted by Gasteiger charge is -2.23. The highest BCUT2D eigenvalue weighted by Crippen LogP contribution is 2.40. The van der Waals surface area contributed by atoms with E-state index in [1.54, 1.807) is 0 Å². The van der Waals surface area contributed by atoms with Gasteiger partial charge in [0, 0.05) is 0 Å². The van der Waals surface area contributed by atoms with Crippen LogP contribution in [0.2, 0.25) is 0 Å². The van der Waals surface area contributed by atoms with Crippen LogP contribution in [0.4, 0.5) is 35.1 Å². The molecule has 0 aliphatic rings. The molecule has 0 heterocycles. The predicted octanol–water partition coefficient (Wildman–Crippen LogP) is 2.65. The molecule has 0 aliphatic heterocycles. The van der Waals surface area contributed by atoms with E-state index < -0.39 is 25.1 Å². The van der Waals surface area contributed by atoms with Crippen LogP contribution < -0.4 is 0 Å². The molecule has 0 aliphatic carbocycles. The van der Waals surface area contributed by atoms with Gasteiger partial charge in [-0.2, -0.15) is 36.1 Å². The topological polar surface area (TPSA) is 18.5 Å². The fraction of sp³-hybridized carbons (Fsp3) is 1.00. The van der Waals surface area contributed by atoms with Crippen molar-refractivity contribution in [2.75, 3.05) is 0 Å². The second-order valence-electron chi connectivity index (χ2n) is 1.88.